The van der Waals surface area contributed by atoms with Gasteiger partial charge in [-0.05, 0) is 86.7 Å². The average Bonchev–Trinajstić information content (AvgIpc) is 3.37. The Kier molecular flexibility index (Phi) is 9.54. The van der Waals surface area contributed by atoms with E-state index in [4.69, 9.17) is 9.84 Å². The van der Waals surface area contributed by atoms with Crippen LogP contribution in [0.3, 0.4) is 0 Å². The van der Waals surface area contributed by atoms with E-state index in [0.717, 1.165) is 39.5 Å². The van der Waals surface area contributed by atoms with Gasteiger partial charge in [0.15, 0.2) is 5.71 Å². The van der Waals surface area contributed by atoms with Gasteiger partial charge in [-0.2, -0.15) is 4.58 Å². The summed E-state index contributed by atoms with van der Waals surface area (Å²) < 4.78 is 43.5. The molecule has 2 heterocycles. The maximum Gasteiger partial charge on any atom is 0.337 e. The molecule has 3 aromatic rings. The number of para-hydroxylation sites is 1. The lowest BCUT2D eigenvalue weighted by atomic mass is 9.76. The molecule has 0 fully saturated rings. The summed E-state index contributed by atoms with van der Waals surface area (Å²) >= 11 is 0. The minimum Gasteiger partial charge on any atom is -0.744 e. The second kappa shape index (κ2) is 13.2. The van der Waals surface area contributed by atoms with Crippen LogP contribution in [0.25, 0.3) is 5.57 Å². The zero-order valence-electron chi connectivity index (χ0n) is 28.2. The molecule has 48 heavy (non-hydrogen) atoms. The van der Waals surface area contributed by atoms with E-state index in [1.807, 2.05) is 50.2 Å². The third-order valence-electron chi connectivity index (χ3n) is 9.87. The van der Waals surface area contributed by atoms with Crippen LogP contribution in [0.4, 0.5) is 11.4 Å². The highest BCUT2D eigenvalue weighted by atomic mass is 32.2. The standard InChI is InChI=1S/C38H42N2O7S/c1-37(2)29-12-9-10-13-31(29)39(4)33(37)22-27(25-15-17-26(18-16-25)36(43)47-6)23-34-38(3,21-11-7-8-14-35(41)42)30-24-28(48(44,45)46)19-20-32(30)40(34)5/h9-10,12-13,15-20,22-24H,7-8,11,14,21H2,1-6H3,(H-,41,42,44,45,46). The first kappa shape index (κ1) is 34.8. The number of methoxy groups -OCH3 is 1. The Morgan fingerprint density at radius 2 is 1.62 bits per heavy atom. The van der Waals surface area contributed by atoms with E-state index in [-0.39, 0.29) is 16.7 Å². The van der Waals surface area contributed by atoms with Gasteiger partial charge >= 0.3 is 11.9 Å². The molecule has 0 saturated carbocycles. The van der Waals surface area contributed by atoms with Gasteiger partial charge in [0, 0.05) is 48.0 Å². The molecule has 10 heteroatoms. The quantitative estimate of drug-likeness (QED) is 0.102. The van der Waals surface area contributed by atoms with Gasteiger partial charge < -0.3 is 19.3 Å². The minimum absolute atomic E-state index is 0.0766. The molecule has 1 atom stereocenters. The molecule has 0 amide bonds. The smallest absolute Gasteiger partial charge is 0.337 e. The number of unbranched alkanes of at least 4 members (excludes halogenated alkanes) is 2. The van der Waals surface area contributed by atoms with E-state index in [1.54, 1.807) is 18.2 Å². The minimum atomic E-state index is -4.70. The fourth-order valence-corrected chi connectivity index (χ4v) is 7.67. The van der Waals surface area contributed by atoms with Gasteiger partial charge in [0.2, 0.25) is 5.69 Å². The van der Waals surface area contributed by atoms with Crippen molar-refractivity contribution in [2.24, 2.45) is 0 Å². The normalized spacial score (nSPS) is 19.4. The molecule has 2 aliphatic heterocycles. The summed E-state index contributed by atoms with van der Waals surface area (Å²) in [6.45, 7) is 6.43. The average molecular weight is 671 g/mol. The third-order valence-corrected chi connectivity index (χ3v) is 10.7. The van der Waals surface area contributed by atoms with Gasteiger partial charge in [-0.1, -0.05) is 43.2 Å². The van der Waals surface area contributed by atoms with Gasteiger partial charge in [-0.3, -0.25) is 4.79 Å². The van der Waals surface area contributed by atoms with Crippen LogP contribution in [-0.2, 0) is 30.5 Å². The molecule has 2 aliphatic rings. The third kappa shape index (κ3) is 6.47. The van der Waals surface area contributed by atoms with Crippen molar-refractivity contribution in [2.45, 2.75) is 68.6 Å². The lowest BCUT2D eigenvalue weighted by molar-refractivity contribution is -0.401. The zero-order valence-corrected chi connectivity index (χ0v) is 29.1. The van der Waals surface area contributed by atoms with Crippen molar-refractivity contribution in [3.05, 3.63) is 107 Å². The van der Waals surface area contributed by atoms with E-state index >= 15 is 0 Å². The van der Waals surface area contributed by atoms with Gasteiger partial charge in [0.05, 0.1) is 23.0 Å². The van der Waals surface area contributed by atoms with Crippen molar-refractivity contribution in [1.29, 1.82) is 0 Å². The van der Waals surface area contributed by atoms with Crippen molar-refractivity contribution >= 4 is 44.7 Å². The summed E-state index contributed by atoms with van der Waals surface area (Å²) in [6, 6.07) is 20.1. The van der Waals surface area contributed by atoms with Crippen LogP contribution in [0.2, 0.25) is 0 Å². The first-order valence-corrected chi connectivity index (χ1v) is 17.4. The topological polar surface area (TPSA) is 127 Å². The SMILES string of the molecule is COC(=O)c1ccc(C(=C\C2=[N+](C)c3ccccc3C2(C)C)/C=C2\N(C)c3ccc(S(=O)(=O)[O-])cc3C2(C)CCCCCC(=O)O)cc1. The Morgan fingerprint density at radius 3 is 2.25 bits per heavy atom. The lowest BCUT2D eigenvalue weighted by Crippen LogP contribution is -2.28. The molecule has 1 N–H and O–H groups in total. The number of hydrogen-bond acceptors (Lipinski definition) is 7. The van der Waals surface area contributed by atoms with E-state index in [9.17, 15) is 22.6 Å². The van der Waals surface area contributed by atoms with Crippen LogP contribution in [0.5, 0.6) is 0 Å². The molecule has 9 nitrogen and oxygen atoms in total. The first-order chi connectivity index (χ1) is 22.6. The molecular weight excluding hydrogens is 628 g/mol. The number of aliphatic carboxylic acids is 1. The van der Waals surface area contributed by atoms with E-state index in [2.05, 4.69) is 42.7 Å². The van der Waals surface area contributed by atoms with Gasteiger partial charge in [0.25, 0.3) is 0 Å². The highest BCUT2D eigenvalue weighted by molar-refractivity contribution is 7.85. The van der Waals surface area contributed by atoms with Crippen LogP contribution in [0, 0.1) is 0 Å². The number of ether oxygens (including phenoxy) is 1. The predicted molar refractivity (Wildman–Crippen MR) is 185 cm³/mol. The number of carbonyl (C=O) groups excluding carboxylic acids is 1. The summed E-state index contributed by atoms with van der Waals surface area (Å²) in [5.41, 5.74) is 6.94. The van der Waals surface area contributed by atoms with E-state index < -0.39 is 27.5 Å². The number of likely N-dealkylation sites (N-methyl/N-ethyl adjacent to an activating group) is 1. The van der Waals surface area contributed by atoms with Crippen LogP contribution < -0.4 is 4.90 Å². The second-order valence-electron chi connectivity index (χ2n) is 13.3. The zero-order chi connectivity index (χ0) is 35.0. The Labute approximate surface area is 282 Å². The molecule has 252 valence electrons. The Morgan fingerprint density at radius 1 is 0.958 bits per heavy atom. The number of allylic oxidation sites excluding steroid dienone is 4. The molecule has 0 aromatic heterocycles. The monoisotopic (exact) mass is 670 g/mol. The number of hydrogen-bond donors (Lipinski definition) is 1. The fraction of sp³-hybridized carbons (Fsp3) is 0.342. The number of carbonyl (C=O) groups is 2. The molecule has 0 aliphatic carbocycles. The summed E-state index contributed by atoms with van der Waals surface area (Å²) in [5.74, 6) is -1.28. The number of rotatable bonds is 11. The van der Waals surface area contributed by atoms with Crippen molar-refractivity contribution in [3.63, 3.8) is 0 Å². The van der Waals surface area contributed by atoms with E-state index in [1.165, 1.54) is 24.8 Å². The summed E-state index contributed by atoms with van der Waals surface area (Å²) in [7, 11) is 0.624. The summed E-state index contributed by atoms with van der Waals surface area (Å²) in [5, 5.41) is 9.15. The molecule has 0 bridgehead atoms. The summed E-state index contributed by atoms with van der Waals surface area (Å²) in [4.78, 5) is 25.2. The van der Waals surface area contributed by atoms with Gasteiger partial charge in [-0.25, -0.2) is 13.2 Å². The maximum atomic E-state index is 12.3. The highest BCUT2D eigenvalue weighted by Crippen LogP contribution is 2.51. The molecule has 0 saturated heterocycles. The molecule has 0 radical (unpaired) electrons. The van der Waals surface area contributed by atoms with Crippen LogP contribution in [0.15, 0.2) is 89.5 Å². The Balaban J connectivity index is 1.70. The molecule has 1 unspecified atom stereocenters. The summed E-state index contributed by atoms with van der Waals surface area (Å²) in [6.07, 6.45) is 6.85. The number of nitrogens with zero attached hydrogens (tertiary/aromatic N) is 2. The van der Waals surface area contributed by atoms with Gasteiger partial charge in [-0.15, -0.1) is 0 Å². The number of carboxylic acids is 1. The van der Waals surface area contributed by atoms with Crippen molar-refractivity contribution in [3.8, 4) is 0 Å². The molecule has 0 spiro atoms. The van der Waals surface area contributed by atoms with Crippen LogP contribution in [0.1, 0.15) is 79.9 Å². The maximum absolute atomic E-state index is 12.3. The Hall–Kier alpha value is -4.54. The van der Waals surface area contributed by atoms with E-state index in [0.29, 0.717) is 31.2 Å². The second-order valence-corrected chi connectivity index (χ2v) is 14.6. The number of anilines is 1. The van der Waals surface area contributed by atoms with Crippen molar-refractivity contribution in [2.75, 3.05) is 26.1 Å². The first-order valence-electron chi connectivity index (χ1n) is 16.0. The molecule has 5 rings (SSSR count). The van der Waals surface area contributed by atoms with Gasteiger partial charge in [0.1, 0.15) is 17.2 Å². The predicted octanol–water partition coefficient (Wildman–Crippen LogP) is 6.79. The van der Waals surface area contributed by atoms with Crippen LogP contribution >= 0.6 is 0 Å². The fourth-order valence-electron chi connectivity index (χ4n) is 7.17. The number of carboxylic acid groups (broad SMARTS) is 1. The number of esters is 1. The van der Waals surface area contributed by atoms with Crippen molar-refractivity contribution < 1.29 is 37.0 Å². The molecule has 3 aromatic carbocycles. The largest absolute Gasteiger partial charge is 0.744 e. The number of fused-ring (bicyclic) bond motifs is 2. The number of benzene rings is 3. The Bertz CT molecular complexity index is 1970. The lowest BCUT2D eigenvalue weighted by Gasteiger charge is -2.30. The van der Waals surface area contributed by atoms with Crippen molar-refractivity contribution in [1.82, 2.24) is 0 Å². The van der Waals surface area contributed by atoms with Crippen LogP contribution in [-0.4, -0.2) is 61.5 Å². The highest BCUT2D eigenvalue weighted by Gasteiger charge is 2.44. The molecular formula is C38H42N2O7S.